The van der Waals surface area contributed by atoms with E-state index in [1.807, 2.05) is 43.3 Å². The molecule has 1 amide bonds. The van der Waals surface area contributed by atoms with Crippen LogP contribution < -0.4 is 15.6 Å². The number of nitrogens with one attached hydrogen (secondary N) is 1. The van der Waals surface area contributed by atoms with Gasteiger partial charge in [-0.3, -0.25) is 14.2 Å². The minimum atomic E-state index is -0.329. The van der Waals surface area contributed by atoms with Crippen molar-refractivity contribution >= 4 is 44.7 Å². The van der Waals surface area contributed by atoms with E-state index in [2.05, 4.69) is 10.3 Å². The van der Waals surface area contributed by atoms with Gasteiger partial charge in [-0.2, -0.15) is 0 Å². The van der Waals surface area contributed by atoms with Gasteiger partial charge in [0, 0.05) is 15.6 Å². The van der Waals surface area contributed by atoms with E-state index in [1.165, 1.54) is 22.2 Å². The third-order valence-electron chi connectivity index (χ3n) is 4.65. The molecular formula is C22H18ClN3O3S. The van der Waals surface area contributed by atoms with Crippen molar-refractivity contribution in [3.63, 3.8) is 0 Å². The monoisotopic (exact) mass is 439 g/mol. The molecule has 0 bridgehead atoms. The van der Waals surface area contributed by atoms with E-state index < -0.39 is 0 Å². The summed E-state index contributed by atoms with van der Waals surface area (Å²) in [5, 5.41) is 3.32. The highest BCUT2D eigenvalue weighted by Gasteiger charge is 2.13. The van der Waals surface area contributed by atoms with Crippen molar-refractivity contribution in [1.82, 2.24) is 9.55 Å². The van der Waals surface area contributed by atoms with E-state index in [0.29, 0.717) is 20.9 Å². The molecule has 0 saturated heterocycles. The van der Waals surface area contributed by atoms with Crippen molar-refractivity contribution < 1.29 is 9.53 Å². The number of halogens is 1. The summed E-state index contributed by atoms with van der Waals surface area (Å²) in [6.45, 7) is 1.75. The van der Waals surface area contributed by atoms with Crippen molar-refractivity contribution in [3.05, 3.63) is 75.8 Å². The Morgan fingerprint density at radius 3 is 2.67 bits per heavy atom. The fraction of sp³-hybridized carbons (Fsp3) is 0.136. The van der Waals surface area contributed by atoms with Crippen LogP contribution in [0.2, 0.25) is 5.02 Å². The predicted molar refractivity (Wildman–Crippen MR) is 121 cm³/mol. The minimum Gasteiger partial charge on any atom is -0.497 e. The lowest BCUT2D eigenvalue weighted by atomic mass is 10.2. The first kappa shape index (κ1) is 20.1. The Bertz CT molecular complexity index is 1300. The smallest absolute Gasteiger partial charge is 0.271 e. The molecule has 0 saturated carbocycles. The molecule has 0 fully saturated rings. The van der Waals surface area contributed by atoms with Gasteiger partial charge >= 0.3 is 0 Å². The lowest BCUT2D eigenvalue weighted by Gasteiger charge is -2.08. The molecule has 152 valence electrons. The maximum atomic E-state index is 12.9. The normalized spacial score (nSPS) is 10.9. The Morgan fingerprint density at radius 1 is 1.20 bits per heavy atom. The zero-order valence-electron chi connectivity index (χ0n) is 16.3. The molecule has 0 aliphatic rings. The SMILES string of the molecule is COc1ccc(-c2cc3ncn(CC(=O)Nc4ccc(C)c(Cl)c4)c(=O)c3s2)cc1. The molecule has 8 heteroatoms. The highest BCUT2D eigenvalue weighted by molar-refractivity contribution is 7.22. The maximum Gasteiger partial charge on any atom is 0.271 e. The summed E-state index contributed by atoms with van der Waals surface area (Å²) < 4.78 is 7.00. The molecule has 2 aromatic carbocycles. The lowest BCUT2D eigenvalue weighted by Crippen LogP contribution is -2.27. The van der Waals surface area contributed by atoms with Gasteiger partial charge in [0.15, 0.2) is 0 Å². The molecule has 4 aromatic rings. The zero-order chi connectivity index (χ0) is 21.3. The average Bonchev–Trinajstić information content (AvgIpc) is 3.18. The van der Waals surface area contributed by atoms with Gasteiger partial charge in [0.1, 0.15) is 17.0 Å². The second-order valence-corrected chi connectivity index (χ2v) is 8.20. The average molecular weight is 440 g/mol. The van der Waals surface area contributed by atoms with Crippen LogP contribution in [0.5, 0.6) is 5.75 Å². The molecule has 0 aliphatic heterocycles. The number of aryl methyl sites for hydroxylation is 1. The van der Waals surface area contributed by atoms with E-state index in [4.69, 9.17) is 16.3 Å². The molecule has 0 atom stereocenters. The number of rotatable bonds is 5. The Kier molecular flexibility index (Phi) is 5.57. The van der Waals surface area contributed by atoms with Crippen LogP contribution in [0.4, 0.5) is 5.69 Å². The molecule has 0 aliphatic carbocycles. The number of hydrogen-bond donors (Lipinski definition) is 1. The molecule has 6 nitrogen and oxygen atoms in total. The van der Waals surface area contributed by atoms with Crippen LogP contribution in [0, 0.1) is 6.92 Å². The predicted octanol–water partition coefficient (Wildman–Crippen LogP) is 4.73. The Morgan fingerprint density at radius 2 is 1.97 bits per heavy atom. The molecule has 2 aromatic heterocycles. The maximum absolute atomic E-state index is 12.9. The first-order valence-electron chi connectivity index (χ1n) is 9.14. The van der Waals surface area contributed by atoms with E-state index >= 15 is 0 Å². The topological polar surface area (TPSA) is 73.2 Å². The summed E-state index contributed by atoms with van der Waals surface area (Å²) in [4.78, 5) is 30.6. The van der Waals surface area contributed by atoms with E-state index in [0.717, 1.165) is 21.8 Å². The van der Waals surface area contributed by atoms with Gasteiger partial charge in [-0.25, -0.2) is 4.98 Å². The number of amides is 1. The van der Waals surface area contributed by atoms with Crippen LogP contribution in [-0.2, 0) is 11.3 Å². The third-order valence-corrected chi connectivity index (χ3v) is 6.22. The summed E-state index contributed by atoms with van der Waals surface area (Å²) in [7, 11) is 1.62. The number of carbonyl (C=O) groups is 1. The Labute approximate surface area is 181 Å². The molecule has 0 radical (unpaired) electrons. The third kappa shape index (κ3) is 4.08. The summed E-state index contributed by atoms with van der Waals surface area (Å²) in [6, 6.07) is 14.7. The summed E-state index contributed by atoms with van der Waals surface area (Å²) in [6.07, 6.45) is 1.40. The van der Waals surface area contributed by atoms with Crippen LogP contribution in [0.3, 0.4) is 0 Å². The second-order valence-electron chi connectivity index (χ2n) is 6.74. The van der Waals surface area contributed by atoms with Gasteiger partial charge in [-0.05, 0) is 60.5 Å². The number of fused-ring (bicyclic) bond motifs is 1. The highest BCUT2D eigenvalue weighted by atomic mass is 35.5. The number of anilines is 1. The van der Waals surface area contributed by atoms with E-state index in [9.17, 15) is 9.59 Å². The molecular weight excluding hydrogens is 422 g/mol. The van der Waals surface area contributed by atoms with Gasteiger partial charge in [-0.15, -0.1) is 11.3 Å². The van der Waals surface area contributed by atoms with Crippen molar-refractivity contribution in [2.75, 3.05) is 12.4 Å². The van der Waals surface area contributed by atoms with Crippen LogP contribution in [0.15, 0.2) is 59.7 Å². The van der Waals surface area contributed by atoms with Gasteiger partial charge in [0.2, 0.25) is 5.91 Å². The second kappa shape index (κ2) is 8.30. The Hall–Kier alpha value is -3.16. The molecule has 4 rings (SSSR count). The fourth-order valence-electron chi connectivity index (χ4n) is 2.98. The van der Waals surface area contributed by atoms with Crippen LogP contribution in [0.25, 0.3) is 20.7 Å². The van der Waals surface area contributed by atoms with Crippen molar-refractivity contribution in [1.29, 1.82) is 0 Å². The van der Waals surface area contributed by atoms with E-state index in [1.54, 1.807) is 19.2 Å². The number of hydrogen-bond acceptors (Lipinski definition) is 5. The summed E-state index contributed by atoms with van der Waals surface area (Å²) in [5.41, 5.74) is 2.83. The largest absolute Gasteiger partial charge is 0.497 e. The molecule has 0 unspecified atom stereocenters. The number of methoxy groups -OCH3 is 1. The quantitative estimate of drug-likeness (QED) is 0.487. The molecule has 1 N–H and O–H groups in total. The first-order valence-corrected chi connectivity index (χ1v) is 10.3. The lowest BCUT2D eigenvalue weighted by molar-refractivity contribution is -0.116. The van der Waals surface area contributed by atoms with Crippen LogP contribution >= 0.6 is 22.9 Å². The molecule has 2 heterocycles. The summed E-state index contributed by atoms with van der Waals surface area (Å²) >= 11 is 7.45. The van der Waals surface area contributed by atoms with Gasteiger partial charge in [-0.1, -0.05) is 17.7 Å². The van der Waals surface area contributed by atoms with Gasteiger partial charge in [0.05, 0.1) is 19.0 Å². The van der Waals surface area contributed by atoms with Crippen molar-refractivity contribution in [3.8, 4) is 16.2 Å². The highest BCUT2D eigenvalue weighted by Crippen LogP contribution is 2.31. The van der Waals surface area contributed by atoms with Gasteiger partial charge < -0.3 is 10.1 Å². The van der Waals surface area contributed by atoms with Crippen LogP contribution in [0.1, 0.15) is 5.56 Å². The number of ether oxygens (including phenoxy) is 1. The fourth-order valence-corrected chi connectivity index (χ4v) is 4.23. The number of aromatic nitrogens is 2. The van der Waals surface area contributed by atoms with Gasteiger partial charge in [0.25, 0.3) is 5.56 Å². The standard InChI is InChI=1S/C22H18ClN3O3S/c1-13-3-6-15(9-17(13)23)25-20(27)11-26-12-24-18-10-19(30-21(18)22(26)28)14-4-7-16(29-2)8-5-14/h3-10,12H,11H2,1-2H3,(H,25,27). The first-order chi connectivity index (χ1) is 14.4. The number of carbonyl (C=O) groups excluding carboxylic acids is 1. The Balaban J connectivity index is 1.57. The molecule has 0 spiro atoms. The van der Waals surface area contributed by atoms with Crippen LogP contribution in [-0.4, -0.2) is 22.6 Å². The van der Waals surface area contributed by atoms with Crippen molar-refractivity contribution in [2.24, 2.45) is 0 Å². The number of nitrogens with zero attached hydrogens (tertiary/aromatic N) is 2. The summed E-state index contributed by atoms with van der Waals surface area (Å²) in [5.74, 6) is 0.436. The van der Waals surface area contributed by atoms with E-state index in [-0.39, 0.29) is 18.0 Å². The minimum absolute atomic E-state index is 0.136. The molecule has 30 heavy (non-hydrogen) atoms. The number of thiophene rings is 1. The zero-order valence-corrected chi connectivity index (χ0v) is 17.9. The van der Waals surface area contributed by atoms with Crippen molar-refractivity contribution in [2.45, 2.75) is 13.5 Å². The number of benzene rings is 2.